The smallest absolute Gasteiger partial charge is 0.338 e. The van der Waals surface area contributed by atoms with Crippen LogP contribution in [0.2, 0.25) is 5.02 Å². The first-order valence-electron chi connectivity index (χ1n) is 13.4. The van der Waals surface area contributed by atoms with Gasteiger partial charge < -0.3 is 18.9 Å². The molecule has 0 bridgehead atoms. The fourth-order valence-electron chi connectivity index (χ4n) is 4.78. The monoisotopic (exact) mass is 760 g/mol. The first kappa shape index (κ1) is 32.0. The Morgan fingerprint density at radius 2 is 1.73 bits per heavy atom. The third kappa shape index (κ3) is 6.51. The van der Waals surface area contributed by atoms with E-state index in [9.17, 15) is 9.59 Å². The number of esters is 1. The highest BCUT2D eigenvalue weighted by molar-refractivity contribution is 9.10. The molecule has 2 heterocycles. The molecule has 3 aromatic carbocycles. The fourth-order valence-corrected chi connectivity index (χ4v) is 7.00. The zero-order valence-electron chi connectivity index (χ0n) is 24.2. The highest BCUT2D eigenvalue weighted by Crippen LogP contribution is 2.40. The molecule has 0 radical (unpaired) electrons. The van der Waals surface area contributed by atoms with Gasteiger partial charge in [-0.2, -0.15) is 0 Å². The second-order valence-corrected chi connectivity index (χ2v) is 12.8. The largest absolute Gasteiger partial charge is 0.493 e. The van der Waals surface area contributed by atoms with Gasteiger partial charge in [-0.25, -0.2) is 9.79 Å². The molecule has 12 heteroatoms. The van der Waals surface area contributed by atoms with Crippen LogP contribution in [-0.2, 0) is 16.1 Å². The van der Waals surface area contributed by atoms with Gasteiger partial charge in [-0.05, 0) is 88.9 Å². The minimum atomic E-state index is -0.822. The maximum Gasteiger partial charge on any atom is 0.338 e. The Bertz CT molecular complexity index is 1950. The van der Waals surface area contributed by atoms with Crippen molar-refractivity contribution in [2.24, 2.45) is 4.99 Å². The number of aromatic nitrogens is 1. The van der Waals surface area contributed by atoms with Crippen LogP contribution in [0.3, 0.4) is 0 Å². The molecule has 0 amide bonds. The van der Waals surface area contributed by atoms with Gasteiger partial charge in [-0.1, -0.05) is 57.1 Å². The number of carbonyl (C=O) groups excluding carboxylic acids is 1. The number of hydrogen-bond donors (Lipinski definition) is 0. The van der Waals surface area contributed by atoms with E-state index in [4.69, 9.17) is 30.5 Å². The molecule has 1 atom stereocenters. The van der Waals surface area contributed by atoms with Gasteiger partial charge in [0.25, 0.3) is 5.56 Å². The van der Waals surface area contributed by atoms with Crippen molar-refractivity contribution >= 4 is 66.8 Å². The van der Waals surface area contributed by atoms with Gasteiger partial charge in [0.1, 0.15) is 12.4 Å². The summed E-state index contributed by atoms with van der Waals surface area (Å²) in [4.78, 5) is 32.4. The van der Waals surface area contributed by atoms with Gasteiger partial charge in [-0.3, -0.25) is 9.36 Å². The highest BCUT2D eigenvalue weighted by Gasteiger charge is 2.35. The van der Waals surface area contributed by atoms with Crippen molar-refractivity contribution in [3.8, 4) is 17.2 Å². The van der Waals surface area contributed by atoms with Crippen molar-refractivity contribution in [3.63, 3.8) is 0 Å². The fraction of sp³-hybridized carbons (Fsp3) is 0.219. The first-order chi connectivity index (χ1) is 21.1. The Hall–Kier alpha value is -3.38. The molecule has 1 aliphatic heterocycles. The number of nitrogens with zero attached hydrogens (tertiary/aromatic N) is 2. The SMILES string of the molecule is CCOC(=O)C1=C(C)N=c2s/c(=C\c3ccc(OCc4ccc(Cl)cc4)c(Br)c3)c(=O)n2[C@@H]1c1cc(OC)c(OC)cc1Br. The molecule has 0 fully saturated rings. The van der Waals surface area contributed by atoms with E-state index in [1.807, 2.05) is 42.5 Å². The molecule has 44 heavy (non-hydrogen) atoms. The summed E-state index contributed by atoms with van der Waals surface area (Å²) in [6.45, 7) is 4.02. The van der Waals surface area contributed by atoms with Crippen LogP contribution >= 0.6 is 54.8 Å². The van der Waals surface area contributed by atoms with E-state index >= 15 is 0 Å². The Morgan fingerprint density at radius 1 is 1.02 bits per heavy atom. The van der Waals surface area contributed by atoms with Crippen LogP contribution in [0.25, 0.3) is 6.08 Å². The molecule has 0 saturated heterocycles. The quantitative estimate of drug-likeness (QED) is 0.179. The van der Waals surface area contributed by atoms with Gasteiger partial charge in [0.05, 0.1) is 47.1 Å². The van der Waals surface area contributed by atoms with Crippen LogP contribution in [0.15, 0.2) is 84.6 Å². The van der Waals surface area contributed by atoms with E-state index in [-0.39, 0.29) is 17.7 Å². The van der Waals surface area contributed by atoms with Crippen molar-refractivity contribution in [2.45, 2.75) is 26.5 Å². The van der Waals surface area contributed by atoms with Crippen molar-refractivity contribution in [3.05, 3.63) is 116 Å². The van der Waals surface area contributed by atoms with E-state index in [0.29, 0.717) is 53.9 Å². The van der Waals surface area contributed by atoms with E-state index < -0.39 is 12.0 Å². The van der Waals surface area contributed by atoms with Gasteiger partial charge in [0.2, 0.25) is 0 Å². The summed E-state index contributed by atoms with van der Waals surface area (Å²) >= 11 is 14.4. The molecule has 0 saturated carbocycles. The lowest BCUT2D eigenvalue weighted by Gasteiger charge is -2.26. The average molecular weight is 763 g/mol. The predicted molar refractivity (Wildman–Crippen MR) is 178 cm³/mol. The number of ether oxygens (including phenoxy) is 4. The molecular weight excluding hydrogens is 736 g/mol. The molecule has 0 unspecified atom stereocenters. The first-order valence-corrected chi connectivity index (χ1v) is 16.2. The third-order valence-corrected chi connectivity index (χ3v) is 9.42. The molecule has 228 valence electrons. The normalized spacial score (nSPS) is 14.6. The zero-order valence-corrected chi connectivity index (χ0v) is 28.9. The number of methoxy groups -OCH3 is 2. The highest BCUT2D eigenvalue weighted by atomic mass is 79.9. The van der Waals surface area contributed by atoms with Gasteiger partial charge in [-0.15, -0.1) is 0 Å². The molecule has 1 aromatic heterocycles. The molecule has 4 aromatic rings. The van der Waals surface area contributed by atoms with Crippen LogP contribution in [0.4, 0.5) is 0 Å². The third-order valence-electron chi connectivity index (χ3n) is 6.88. The molecule has 1 aliphatic rings. The van der Waals surface area contributed by atoms with E-state index in [2.05, 4.69) is 36.9 Å². The van der Waals surface area contributed by atoms with Crippen molar-refractivity contribution in [1.29, 1.82) is 0 Å². The second kappa shape index (κ2) is 13.7. The standard InChI is InChI=1S/C32H27Br2ClN2O6S/c1-5-42-31(39)28-17(2)36-32-37(29(28)21-14-25(40-3)26(41-4)15-22(21)33)30(38)27(44-32)13-19-8-11-24(23(34)12-19)43-16-18-6-9-20(35)10-7-18/h6-15,29H,5,16H2,1-4H3/b27-13-/t29-/m1/s1. The molecule has 0 aliphatic carbocycles. The summed E-state index contributed by atoms with van der Waals surface area (Å²) in [6, 6.07) is 15.7. The Morgan fingerprint density at radius 3 is 2.39 bits per heavy atom. The number of hydrogen-bond acceptors (Lipinski definition) is 8. The number of carbonyl (C=O) groups is 1. The lowest BCUT2D eigenvalue weighted by molar-refractivity contribution is -0.139. The van der Waals surface area contributed by atoms with Crippen LogP contribution in [0.5, 0.6) is 17.2 Å². The Labute approximate surface area is 279 Å². The molecular formula is C32H27Br2ClN2O6S. The topological polar surface area (TPSA) is 88.4 Å². The van der Waals surface area contributed by atoms with Crippen molar-refractivity contribution in [1.82, 2.24) is 4.57 Å². The average Bonchev–Trinajstić information content (AvgIpc) is 3.30. The summed E-state index contributed by atoms with van der Waals surface area (Å²) in [7, 11) is 3.07. The molecule has 5 rings (SSSR count). The van der Waals surface area contributed by atoms with Gasteiger partial charge in [0.15, 0.2) is 16.3 Å². The number of halogens is 3. The van der Waals surface area contributed by atoms with Crippen molar-refractivity contribution in [2.75, 3.05) is 20.8 Å². The second-order valence-electron chi connectivity index (χ2n) is 9.64. The number of allylic oxidation sites excluding steroid dienone is 1. The summed E-state index contributed by atoms with van der Waals surface area (Å²) < 4.78 is 25.7. The number of benzene rings is 3. The van der Waals surface area contributed by atoms with Crippen LogP contribution in [0, 0.1) is 0 Å². The van der Waals surface area contributed by atoms with Crippen LogP contribution < -0.4 is 29.1 Å². The minimum Gasteiger partial charge on any atom is -0.493 e. The predicted octanol–water partition coefficient (Wildman–Crippen LogP) is 6.57. The summed E-state index contributed by atoms with van der Waals surface area (Å²) in [6.07, 6.45) is 1.79. The molecule has 0 spiro atoms. The van der Waals surface area contributed by atoms with E-state index in [1.165, 1.54) is 30.1 Å². The van der Waals surface area contributed by atoms with Crippen molar-refractivity contribution < 1.29 is 23.7 Å². The van der Waals surface area contributed by atoms with Gasteiger partial charge in [0, 0.05) is 9.50 Å². The summed E-state index contributed by atoms with van der Waals surface area (Å²) in [5.74, 6) is 1.06. The number of rotatable bonds is 9. The molecule has 0 N–H and O–H groups in total. The number of thiazole rings is 1. The lowest BCUT2D eigenvalue weighted by atomic mass is 9.95. The van der Waals surface area contributed by atoms with Crippen LogP contribution in [-0.4, -0.2) is 31.4 Å². The summed E-state index contributed by atoms with van der Waals surface area (Å²) in [5.41, 5.74) is 2.83. The minimum absolute atomic E-state index is 0.175. The van der Waals surface area contributed by atoms with Crippen LogP contribution in [0.1, 0.15) is 36.6 Å². The molecule has 8 nitrogen and oxygen atoms in total. The maximum absolute atomic E-state index is 14.0. The zero-order chi connectivity index (χ0) is 31.5. The van der Waals surface area contributed by atoms with Gasteiger partial charge >= 0.3 is 5.97 Å². The van der Waals surface area contributed by atoms with E-state index in [1.54, 1.807) is 32.1 Å². The Balaban J connectivity index is 1.57. The summed E-state index contributed by atoms with van der Waals surface area (Å²) in [5, 5.41) is 0.666. The van der Waals surface area contributed by atoms with E-state index in [0.717, 1.165) is 15.6 Å². The Kier molecular flexibility index (Phi) is 9.99. The number of fused-ring (bicyclic) bond motifs is 1. The lowest BCUT2D eigenvalue weighted by Crippen LogP contribution is -2.40. The maximum atomic E-state index is 14.0.